The average Bonchev–Trinajstić information content (AvgIpc) is 2.98. The molecule has 2 rings (SSSR count). The van der Waals surface area contributed by atoms with Gasteiger partial charge in [-0.05, 0) is 52.9 Å². The summed E-state index contributed by atoms with van der Waals surface area (Å²) in [6.45, 7) is 7.85. The molecule has 1 atom stereocenters. The third-order valence-corrected chi connectivity index (χ3v) is 4.93. The molecule has 1 unspecified atom stereocenters. The molecule has 1 amide bonds. The Kier molecular flexibility index (Phi) is 6.41. The van der Waals surface area contributed by atoms with Gasteiger partial charge in [0, 0.05) is 23.7 Å². The predicted octanol–water partition coefficient (Wildman–Crippen LogP) is 4.02. The van der Waals surface area contributed by atoms with Gasteiger partial charge in [-0.15, -0.1) is 11.3 Å². The highest BCUT2D eigenvalue weighted by molar-refractivity contribution is 7.09. The van der Waals surface area contributed by atoms with Gasteiger partial charge in [0.15, 0.2) is 0 Å². The Morgan fingerprint density at radius 1 is 1.35 bits per heavy atom. The van der Waals surface area contributed by atoms with E-state index in [0.29, 0.717) is 12.1 Å². The summed E-state index contributed by atoms with van der Waals surface area (Å²) in [6.07, 6.45) is 6.74. The van der Waals surface area contributed by atoms with Crippen LogP contribution in [-0.2, 0) is 4.74 Å². The van der Waals surface area contributed by atoms with E-state index in [0.717, 1.165) is 32.1 Å². The standard InChI is InChI=1S/C17H29N3O2S/c1-5-14(15-18-10-11-23-15)19-12-6-8-13(9-7-12)20-16(21)22-17(2,3)4/h10-14,19H,5-9H2,1-4H3,(H,20,21). The maximum Gasteiger partial charge on any atom is 0.407 e. The second kappa shape index (κ2) is 8.11. The Balaban J connectivity index is 1.74. The molecule has 1 saturated carbocycles. The summed E-state index contributed by atoms with van der Waals surface area (Å²) in [6, 6.07) is 1.07. The molecule has 2 N–H and O–H groups in total. The fraction of sp³-hybridized carbons (Fsp3) is 0.765. The molecule has 1 heterocycles. The van der Waals surface area contributed by atoms with Gasteiger partial charge in [-0.25, -0.2) is 9.78 Å². The molecule has 0 aromatic carbocycles. The van der Waals surface area contributed by atoms with E-state index >= 15 is 0 Å². The van der Waals surface area contributed by atoms with Crippen molar-refractivity contribution in [1.82, 2.24) is 15.6 Å². The predicted molar refractivity (Wildman–Crippen MR) is 93.7 cm³/mol. The van der Waals surface area contributed by atoms with Gasteiger partial charge in [0.2, 0.25) is 0 Å². The smallest absolute Gasteiger partial charge is 0.407 e. The summed E-state index contributed by atoms with van der Waals surface area (Å²) in [7, 11) is 0. The number of nitrogens with zero attached hydrogens (tertiary/aromatic N) is 1. The molecule has 0 aliphatic heterocycles. The largest absolute Gasteiger partial charge is 0.444 e. The highest BCUT2D eigenvalue weighted by Gasteiger charge is 2.26. The van der Waals surface area contributed by atoms with Crippen molar-refractivity contribution in [2.45, 2.75) is 83.5 Å². The second-order valence-corrected chi connectivity index (χ2v) is 8.12. The van der Waals surface area contributed by atoms with E-state index in [4.69, 9.17) is 4.74 Å². The van der Waals surface area contributed by atoms with Gasteiger partial charge >= 0.3 is 6.09 Å². The summed E-state index contributed by atoms with van der Waals surface area (Å²) in [5.74, 6) is 0. The first kappa shape index (κ1) is 18.2. The van der Waals surface area contributed by atoms with Crippen molar-refractivity contribution in [3.63, 3.8) is 0 Å². The molecule has 1 aliphatic carbocycles. The maximum atomic E-state index is 11.8. The minimum absolute atomic E-state index is 0.225. The SMILES string of the molecule is CCC(NC1CCC(NC(=O)OC(C)(C)C)CC1)c1nccs1. The molecule has 0 bridgehead atoms. The molecule has 0 spiro atoms. The van der Waals surface area contributed by atoms with Gasteiger partial charge in [0.1, 0.15) is 10.6 Å². The summed E-state index contributed by atoms with van der Waals surface area (Å²) >= 11 is 1.71. The molecular formula is C17H29N3O2S. The lowest BCUT2D eigenvalue weighted by Gasteiger charge is -2.32. The highest BCUT2D eigenvalue weighted by atomic mass is 32.1. The number of carbonyl (C=O) groups is 1. The van der Waals surface area contributed by atoms with E-state index < -0.39 is 5.60 Å². The summed E-state index contributed by atoms with van der Waals surface area (Å²) in [5.41, 5.74) is -0.440. The fourth-order valence-corrected chi connectivity index (χ4v) is 3.72. The van der Waals surface area contributed by atoms with Crippen LogP contribution in [0.3, 0.4) is 0 Å². The molecule has 6 heteroatoms. The lowest BCUT2D eigenvalue weighted by molar-refractivity contribution is 0.0489. The second-order valence-electron chi connectivity index (χ2n) is 7.19. The number of hydrogen-bond donors (Lipinski definition) is 2. The molecule has 1 aromatic rings. The zero-order chi connectivity index (χ0) is 16.9. The Bertz CT molecular complexity index is 477. The van der Waals surface area contributed by atoms with Crippen molar-refractivity contribution >= 4 is 17.4 Å². The van der Waals surface area contributed by atoms with Gasteiger partial charge in [-0.3, -0.25) is 0 Å². The van der Waals surface area contributed by atoms with Crippen molar-refractivity contribution in [2.75, 3.05) is 0 Å². The molecular weight excluding hydrogens is 310 g/mol. The summed E-state index contributed by atoms with van der Waals surface area (Å²) in [5, 5.41) is 9.91. The van der Waals surface area contributed by atoms with E-state index in [2.05, 4.69) is 22.5 Å². The number of ether oxygens (including phenoxy) is 1. The molecule has 23 heavy (non-hydrogen) atoms. The first-order valence-corrected chi connectivity index (χ1v) is 9.40. The van der Waals surface area contributed by atoms with Crippen LogP contribution in [0.4, 0.5) is 4.79 Å². The van der Waals surface area contributed by atoms with Gasteiger partial charge in [0.05, 0.1) is 6.04 Å². The van der Waals surface area contributed by atoms with Crippen LogP contribution < -0.4 is 10.6 Å². The lowest BCUT2D eigenvalue weighted by Crippen LogP contribution is -2.44. The zero-order valence-corrected chi connectivity index (χ0v) is 15.4. The molecule has 130 valence electrons. The van der Waals surface area contributed by atoms with Crippen LogP contribution >= 0.6 is 11.3 Å². The van der Waals surface area contributed by atoms with Gasteiger partial charge in [-0.1, -0.05) is 6.92 Å². The van der Waals surface area contributed by atoms with Crippen molar-refractivity contribution in [3.8, 4) is 0 Å². The number of aromatic nitrogens is 1. The van der Waals surface area contributed by atoms with E-state index in [9.17, 15) is 4.79 Å². The third kappa shape index (κ3) is 6.11. The molecule has 1 aromatic heterocycles. The Hall–Kier alpha value is -1.14. The van der Waals surface area contributed by atoms with Crippen LogP contribution in [0, 0.1) is 0 Å². The van der Waals surface area contributed by atoms with E-state index in [-0.39, 0.29) is 12.1 Å². The quantitative estimate of drug-likeness (QED) is 0.850. The molecule has 0 saturated heterocycles. The first-order chi connectivity index (χ1) is 10.9. The van der Waals surface area contributed by atoms with Crippen molar-refractivity contribution in [2.24, 2.45) is 0 Å². The van der Waals surface area contributed by atoms with Gasteiger partial charge in [0.25, 0.3) is 0 Å². The number of alkyl carbamates (subject to hydrolysis) is 1. The Labute approximate surface area is 143 Å². The first-order valence-electron chi connectivity index (χ1n) is 8.52. The fourth-order valence-electron chi connectivity index (χ4n) is 2.93. The number of carbonyl (C=O) groups excluding carboxylic acids is 1. The average molecular weight is 340 g/mol. The van der Waals surface area contributed by atoms with Crippen LogP contribution in [0.1, 0.15) is 70.8 Å². The van der Waals surface area contributed by atoms with E-state index in [1.54, 1.807) is 11.3 Å². The third-order valence-electron chi connectivity index (χ3n) is 4.04. The zero-order valence-electron chi connectivity index (χ0n) is 14.6. The van der Waals surface area contributed by atoms with Crippen molar-refractivity contribution < 1.29 is 9.53 Å². The van der Waals surface area contributed by atoms with E-state index in [1.165, 1.54) is 5.01 Å². The van der Waals surface area contributed by atoms with Gasteiger partial charge in [-0.2, -0.15) is 0 Å². The lowest BCUT2D eigenvalue weighted by atomic mass is 9.90. The summed E-state index contributed by atoms with van der Waals surface area (Å²) in [4.78, 5) is 16.3. The molecule has 0 radical (unpaired) electrons. The van der Waals surface area contributed by atoms with Crippen LogP contribution in [-0.4, -0.2) is 28.8 Å². The topological polar surface area (TPSA) is 63.2 Å². The van der Waals surface area contributed by atoms with Crippen LogP contribution in [0.25, 0.3) is 0 Å². The van der Waals surface area contributed by atoms with Crippen molar-refractivity contribution in [3.05, 3.63) is 16.6 Å². The number of rotatable bonds is 5. The minimum Gasteiger partial charge on any atom is -0.444 e. The number of thiazole rings is 1. The summed E-state index contributed by atoms with van der Waals surface area (Å²) < 4.78 is 5.33. The highest BCUT2D eigenvalue weighted by Crippen LogP contribution is 2.25. The van der Waals surface area contributed by atoms with E-state index in [1.807, 2.05) is 32.3 Å². The minimum atomic E-state index is -0.440. The maximum absolute atomic E-state index is 11.8. The Morgan fingerprint density at radius 3 is 2.52 bits per heavy atom. The number of amides is 1. The molecule has 1 fully saturated rings. The molecule has 5 nitrogen and oxygen atoms in total. The van der Waals surface area contributed by atoms with Crippen molar-refractivity contribution in [1.29, 1.82) is 0 Å². The number of nitrogens with one attached hydrogen (secondary N) is 2. The monoisotopic (exact) mass is 339 g/mol. The molecule has 1 aliphatic rings. The van der Waals surface area contributed by atoms with Crippen LogP contribution in [0.15, 0.2) is 11.6 Å². The normalized spacial score (nSPS) is 23.3. The Morgan fingerprint density at radius 2 is 2.00 bits per heavy atom. The van der Waals surface area contributed by atoms with Crippen LogP contribution in [0.5, 0.6) is 0 Å². The van der Waals surface area contributed by atoms with Crippen LogP contribution in [0.2, 0.25) is 0 Å². The van der Waals surface area contributed by atoms with Gasteiger partial charge < -0.3 is 15.4 Å². The number of hydrogen-bond acceptors (Lipinski definition) is 5.